The molecule has 0 aliphatic carbocycles. The maximum Gasteiger partial charge on any atom is 0.268 e. The van der Waals surface area contributed by atoms with Crippen LogP contribution in [-0.2, 0) is 0 Å². The van der Waals surface area contributed by atoms with Gasteiger partial charge in [-0.05, 0) is 35.4 Å². The average molecular weight is 329 g/mol. The average Bonchev–Trinajstić information content (AvgIpc) is 2.37. The monoisotopic (exact) mass is 328 g/mol. The first kappa shape index (κ1) is 13.8. The highest BCUT2D eigenvalue weighted by Gasteiger charge is 2.19. The quantitative estimate of drug-likeness (QED) is 0.879. The molecule has 100 valence electrons. The third-order valence-electron chi connectivity index (χ3n) is 2.74. The molecule has 0 aromatic heterocycles. The minimum absolute atomic E-state index is 0.296. The second-order valence-electron chi connectivity index (χ2n) is 3.92. The molecule has 1 N–H and O–H groups in total. The van der Waals surface area contributed by atoms with Gasteiger partial charge in [0, 0.05) is 4.47 Å². The number of hydrogen-bond donors (Lipinski definition) is 1. The first-order valence-corrected chi connectivity index (χ1v) is 6.27. The van der Waals surface area contributed by atoms with E-state index in [2.05, 4.69) is 15.9 Å². The zero-order valence-electron chi connectivity index (χ0n) is 10.0. The highest BCUT2D eigenvalue weighted by atomic mass is 79.9. The van der Waals surface area contributed by atoms with Gasteiger partial charge in [0.2, 0.25) is 0 Å². The van der Waals surface area contributed by atoms with Crippen molar-refractivity contribution in [1.82, 2.24) is 0 Å². The maximum atomic E-state index is 13.1. The third-order valence-corrected chi connectivity index (χ3v) is 3.20. The molecule has 5 heteroatoms. The molecule has 0 bridgehead atoms. The van der Waals surface area contributed by atoms with Gasteiger partial charge >= 0.3 is 0 Å². The van der Waals surface area contributed by atoms with Crippen LogP contribution < -0.4 is 4.74 Å². The van der Waals surface area contributed by atoms with Crippen LogP contribution >= 0.6 is 15.9 Å². The molecule has 0 aliphatic heterocycles. The number of phenolic OH excluding ortho intramolecular Hbond substituents is 1. The molecule has 0 fully saturated rings. The number of aromatic hydroxyl groups is 1. The van der Waals surface area contributed by atoms with Gasteiger partial charge in [0.1, 0.15) is 11.5 Å². The lowest BCUT2D eigenvalue weighted by Gasteiger charge is -2.12. The number of halogens is 3. The summed E-state index contributed by atoms with van der Waals surface area (Å²) < 4.78 is 31.7. The lowest BCUT2D eigenvalue weighted by atomic mass is 9.99. The Balaban J connectivity index is 2.59. The van der Waals surface area contributed by atoms with Gasteiger partial charge in [-0.15, -0.1) is 0 Å². The predicted molar refractivity (Wildman–Crippen MR) is 72.8 cm³/mol. The summed E-state index contributed by atoms with van der Waals surface area (Å²) in [7, 11) is 1.53. The van der Waals surface area contributed by atoms with Crippen molar-refractivity contribution in [3.05, 3.63) is 46.4 Å². The number of hydrogen-bond acceptors (Lipinski definition) is 2. The van der Waals surface area contributed by atoms with E-state index in [0.717, 1.165) is 0 Å². The van der Waals surface area contributed by atoms with Gasteiger partial charge in [-0.3, -0.25) is 0 Å². The van der Waals surface area contributed by atoms with Crippen molar-refractivity contribution in [1.29, 1.82) is 0 Å². The molecule has 19 heavy (non-hydrogen) atoms. The van der Waals surface area contributed by atoms with E-state index in [1.54, 1.807) is 30.3 Å². The Bertz CT molecular complexity index is 583. The SMILES string of the molecule is COc1ccc(-c2cc(Br)cc(O)c2C(F)F)cc1. The van der Waals surface area contributed by atoms with E-state index in [9.17, 15) is 13.9 Å². The van der Waals surface area contributed by atoms with Gasteiger partial charge in [-0.1, -0.05) is 28.1 Å². The topological polar surface area (TPSA) is 29.5 Å². The molecular weight excluding hydrogens is 318 g/mol. The van der Waals surface area contributed by atoms with Crippen LogP contribution in [0.5, 0.6) is 11.5 Å². The van der Waals surface area contributed by atoms with Gasteiger partial charge < -0.3 is 9.84 Å². The molecule has 0 amide bonds. The molecule has 0 spiro atoms. The minimum Gasteiger partial charge on any atom is -0.507 e. The second kappa shape index (κ2) is 5.57. The van der Waals surface area contributed by atoms with E-state index in [1.165, 1.54) is 13.2 Å². The number of rotatable bonds is 3. The van der Waals surface area contributed by atoms with E-state index < -0.39 is 12.2 Å². The number of ether oxygens (including phenoxy) is 1. The highest BCUT2D eigenvalue weighted by molar-refractivity contribution is 9.10. The Morgan fingerprint density at radius 2 is 1.79 bits per heavy atom. The number of phenols is 1. The van der Waals surface area contributed by atoms with Crippen molar-refractivity contribution in [2.45, 2.75) is 6.43 Å². The van der Waals surface area contributed by atoms with Crippen molar-refractivity contribution in [2.24, 2.45) is 0 Å². The lowest BCUT2D eigenvalue weighted by Crippen LogP contribution is -1.92. The van der Waals surface area contributed by atoms with Crippen LogP contribution in [0, 0.1) is 0 Å². The molecule has 0 aliphatic rings. The van der Waals surface area contributed by atoms with E-state index in [1.807, 2.05) is 0 Å². The summed E-state index contributed by atoms with van der Waals surface area (Å²) in [5.74, 6) is 0.219. The summed E-state index contributed by atoms with van der Waals surface area (Å²) in [6.07, 6.45) is -2.75. The maximum absolute atomic E-state index is 13.1. The van der Waals surface area contributed by atoms with E-state index in [4.69, 9.17) is 4.74 Å². The Morgan fingerprint density at radius 3 is 2.32 bits per heavy atom. The third kappa shape index (κ3) is 2.87. The highest BCUT2D eigenvalue weighted by Crippen LogP contribution is 2.40. The second-order valence-corrected chi connectivity index (χ2v) is 4.83. The molecule has 0 radical (unpaired) electrons. The summed E-state index contributed by atoms with van der Waals surface area (Å²) in [6.45, 7) is 0. The van der Waals surface area contributed by atoms with Crippen molar-refractivity contribution < 1.29 is 18.6 Å². The standard InChI is InChI=1S/C14H11BrF2O2/c1-19-10-4-2-8(3-5-10)11-6-9(15)7-12(18)13(11)14(16)17/h2-7,14,18H,1H3. The number of benzene rings is 2. The van der Waals surface area contributed by atoms with Crippen molar-refractivity contribution >= 4 is 15.9 Å². The van der Waals surface area contributed by atoms with E-state index in [0.29, 0.717) is 21.3 Å². The smallest absolute Gasteiger partial charge is 0.268 e. The van der Waals surface area contributed by atoms with Crippen LogP contribution in [0.1, 0.15) is 12.0 Å². The van der Waals surface area contributed by atoms with Crippen LogP contribution in [0.25, 0.3) is 11.1 Å². The minimum atomic E-state index is -2.75. The van der Waals surface area contributed by atoms with Crippen LogP contribution in [-0.4, -0.2) is 12.2 Å². The zero-order chi connectivity index (χ0) is 14.0. The first-order chi connectivity index (χ1) is 9.02. The fourth-order valence-electron chi connectivity index (χ4n) is 1.84. The Hall–Kier alpha value is -1.62. The van der Waals surface area contributed by atoms with Crippen LogP contribution in [0.3, 0.4) is 0 Å². The number of methoxy groups -OCH3 is 1. The van der Waals surface area contributed by atoms with Crippen LogP contribution in [0.4, 0.5) is 8.78 Å². The molecule has 0 saturated carbocycles. The summed E-state index contributed by atoms with van der Waals surface area (Å²) in [4.78, 5) is 0. The van der Waals surface area contributed by atoms with Gasteiger partial charge in [0.15, 0.2) is 0 Å². The van der Waals surface area contributed by atoms with Crippen LogP contribution in [0.15, 0.2) is 40.9 Å². The van der Waals surface area contributed by atoms with Gasteiger partial charge in [0.25, 0.3) is 6.43 Å². The summed E-state index contributed by atoms with van der Waals surface area (Å²) in [6, 6.07) is 9.53. The molecular formula is C14H11BrF2O2. The molecule has 0 saturated heterocycles. The van der Waals surface area contributed by atoms with Crippen LogP contribution in [0.2, 0.25) is 0 Å². The summed E-state index contributed by atoms with van der Waals surface area (Å²) in [5.41, 5.74) is 0.519. The number of alkyl halides is 2. The van der Waals surface area contributed by atoms with Crippen molar-refractivity contribution in [3.63, 3.8) is 0 Å². The fraction of sp³-hybridized carbons (Fsp3) is 0.143. The predicted octanol–water partition coefficient (Wildman–Crippen LogP) is 4.77. The fourth-order valence-corrected chi connectivity index (χ4v) is 2.29. The molecule has 2 rings (SSSR count). The zero-order valence-corrected chi connectivity index (χ0v) is 11.6. The first-order valence-electron chi connectivity index (χ1n) is 5.48. The van der Waals surface area contributed by atoms with E-state index in [-0.39, 0.29) is 5.56 Å². The van der Waals surface area contributed by atoms with Gasteiger partial charge in [0.05, 0.1) is 12.7 Å². The molecule has 2 nitrogen and oxygen atoms in total. The molecule has 0 atom stereocenters. The molecule has 2 aromatic rings. The Kier molecular flexibility index (Phi) is 4.04. The summed E-state index contributed by atoms with van der Waals surface area (Å²) >= 11 is 3.19. The Labute approximate surface area is 117 Å². The normalized spacial score (nSPS) is 10.8. The molecule has 2 aromatic carbocycles. The largest absolute Gasteiger partial charge is 0.507 e. The van der Waals surface area contributed by atoms with Crippen molar-refractivity contribution in [3.8, 4) is 22.6 Å². The molecule has 0 unspecified atom stereocenters. The van der Waals surface area contributed by atoms with Gasteiger partial charge in [-0.25, -0.2) is 8.78 Å². The lowest BCUT2D eigenvalue weighted by molar-refractivity contribution is 0.148. The summed E-state index contributed by atoms with van der Waals surface area (Å²) in [5, 5.41) is 9.67. The Morgan fingerprint density at radius 1 is 1.16 bits per heavy atom. The van der Waals surface area contributed by atoms with Gasteiger partial charge in [-0.2, -0.15) is 0 Å². The van der Waals surface area contributed by atoms with E-state index >= 15 is 0 Å². The van der Waals surface area contributed by atoms with Crippen molar-refractivity contribution in [2.75, 3.05) is 7.11 Å². The molecule has 0 heterocycles.